The van der Waals surface area contributed by atoms with E-state index in [0.29, 0.717) is 11.1 Å². The number of benzene rings is 1. The molecule has 0 atom stereocenters. The van der Waals surface area contributed by atoms with Gasteiger partial charge in [0, 0.05) is 11.1 Å². The Hall–Kier alpha value is -1.60. The minimum Gasteiger partial charge on any atom is -0.343 e. The number of carbonyl (C=O) groups excluding carboxylic acids is 2. The summed E-state index contributed by atoms with van der Waals surface area (Å²) in [5.74, 6) is -0.661. The van der Waals surface area contributed by atoms with Gasteiger partial charge in [-0.25, -0.2) is 0 Å². The van der Waals surface area contributed by atoms with Crippen LogP contribution in [0.25, 0.3) is 0 Å². The standard InChI is InChI=1S/C22H34O6/c1-13(2)25-21(26-14(3)4)19(23)17-10-9-11-18(12-17)20(24)22(27-15(5)6)28-16(7)8/h9-16,21-22H,1-8H3. The van der Waals surface area contributed by atoms with E-state index in [1.807, 2.05) is 55.4 Å². The lowest BCUT2D eigenvalue weighted by Crippen LogP contribution is -2.34. The highest BCUT2D eigenvalue weighted by Gasteiger charge is 2.27. The lowest BCUT2D eigenvalue weighted by Gasteiger charge is -2.23. The SMILES string of the molecule is CC(C)OC(OC(C)C)C(=O)c1cccc(C(=O)C(OC(C)C)OC(C)C)c1. The first-order valence-electron chi connectivity index (χ1n) is 9.81. The molecule has 0 radical (unpaired) electrons. The summed E-state index contributed by atoms with van der Waals surface area (Å²) in [6.45, 7) is 14.7. The van der Waals surface area contributed by atoms with Gasteiger partial charge in [0.05, 0.1) is 24.4 Å². The van der Waals surface area contributed by atoms with E-state index in [2.05, 4.69) is 0 Å². The Morgan fingerprint density at radius 3 is 1.14 bits per heavy atom. The van der Waals surface area contributed by atoms with Crippen molar-refractivity contribution in [2.75, 3.05) is 0 Å². The van der Waals surface area contributed by atoms with Crippen molar-refractivity contribution in [3.05, 3.63) is 35.4 Å². The van der Waals surface area contributed by atoms with Gasteiger partial charge in [-0.1, -0.05) is 18.2 Å². The summed E-state index contributed by atoms with van der Waals surface area (Å²) >= 11 is 0. The molecule has 0 amide bonds. The van der Waals surface area contributed by atoms with Crippen molar-refractivity contribution in [1.82, 2.24) is 0 Å². The minimum absolute atomic E-state index is 0.180. The van der Waals surface area contributed by atoms with E-state index >= 15 is 0 Å². The average molecular weight is 395 g/mol. The molecule has 0 spiro atoms. The largest absolute Gasteiger partial charge is 0.343 e. The minimum atomic E-state index is -1.03. The van der Waals surface area contributed by atoms with Gasteiger partial charge in [0.1, 0.15) is 0 Å². The van der Waals surface area contributed by atoms with E-state index < -0.39 is 12.6 Å². The summed E-state index contributed by atoms with van der Waals surface area (Å²) in [5.41, 5.74) is 0.676. The topological polar surface area (TPSA) is 71.1 Å². The first-order chi connectivity index (χ1) is 13.0. The smallest absolute Gasteiger partial charge is 0.223 e. The fourth-order valence-corrected chi connectivity index (χ4v) is 2.40. The number of ketones is 2. The maximum Gasteiger partial charge on any atom is 0.223 e. The van der Waals surface area contributed by atoms with Gasteiger partial charge in [0.15, 0.2) is 0 Å². The molecule has 0 saturated heterocycles. The Morgan fingerprint density at radius 1 is 0.607 bits per heavy atom. The highest BCUT2D eigenvalue weighted by atomic mass is 16.7. The van der Waals surface area contributed by atoms with E-state index in [9.17, 15) is 9.59 Å². The fraction of sp³-hybridized carbons (Fsp3) is 0.636. The Morgan fingerprint density at radius 2 is 0.893 bits per heavy atom. The van der Waals surface area contributed by atoms with Gasteiger partial charge in [-0.3, -0.25) is 9.59 Å². The monoisotopic (exact) mass is 394 g/mol. The van der Waals surface area contributed by atoms with Gasteiger partial charge >= 0.3 is 0 Å². The normalized spacial score (nSPS) is 12.2. The van der Waals surface area contributed by atoms with E-state index in [4.69, 9.17) is 18.9 Å². The van der Waals surface area contributed by atoms with Gasteiger partial charge in [-0.05, 0) is 61.5 Å². The van der Waals surface area contributed by atoms with Gasteiger partial charge in [-0.15, -0.1) is 0 Å². The maximum atomic E-state index is 12.9. The number of ether oxygens (including phenoxy) is 4. The molecule has 0 fully saturated rings. The maximum absolute atomic E-state index is 12.9. The molecule has 0 bridgehead atoms. The predicted octanol–water partition coefficient (Wildman–Crippen LogP) is 4.40. The van der Waals surface area contributed by atoms with Crippen LogP contribution >= 0.6 is 0 Å². The first kappa shape index (κ1) is 24.4. The molecule has 1 aromatic rings. The van der Waals surface area contributed by atoms with Crippen LogP contribution in [0.2, 0.25) is 0 Å². The van der Waals surface area contributed by atoms with Crippen LogP contribution in [0.15, 0.2) is 24.3 Å². The Labute approximate surface area is 168 Å². The average Bonchev–Trinajstić information content (AvgIpc) is 2.57. The lowest BCUT2D eigenvalue weighted by molar-refractivity contribution is -0.152. The summed E-state index contributed by atoms with van der Waals surface area (Å²) in [4.78, 5) is 25.8. The van der Waals surface area contributed by atoms with Crippen molar-refractivity contribution in [3.63, 3.8) is 0 Å². The Kier molecular flexibility index (Phi) is 9.96. The number of carbonyl (C=O) groups is 2. The Balaban J connectivity index is 3.10. The summed E-state index contributed by atoms with van der Waals surface area (Å²) < 4.78 is 22.5. The molecule has 6 nitrogen and oxygen atoms in total. The van der Waals surface area contributed by atoms with Crippen molar-refractivity contribution in [2.45, 2.75) is 92.4 Å². The van der Waals surface area contributed by atoms with Gasteiger partial charge in [0.2, 0.25) is 24.1 Å². The molecule has 1 aromatic carbocycles. The molecule has 0 aliphatic rings. The molecule has 0 heterocycles. The summed E-state index contributed by atoms with van der Waals surface area (Å²) in [6, 6.07) is 6.47. The van der Waals surface area contributed by atoms with Crippen molar-refractivity contribution in [1.29, 1.82) is 0 Å². The zero-order chi connectivity index (χ0) is 21.4. The highest BCUT2D eigenvalue weighted by molar-refractivity contribution is 6.03. The third-order valence-corrected chi connectivity index (χ3v) is 3.44. The molecule has 28 heavy (non-hydrogen) atoms. The van der Waals surface area contributed by atoms with E-state index in [-0.39, 0.29) is 36.0 Å². The third-order valence-electron chi connectivity index (χ3n) is 3.44. The van der Waals surface area contributed by atoms with Crippen molar-refractivity contribution >= 4 is 11.6 Å². The predicted molar refractivity (Wildman–Crippen MR) is 108 cm³/mol. The van der Waals surface area contributed by atoms with Gasteiger partial charge in [-0.2, -0.15) is 0 Å². The van der Waals surface area contributed by atoms with Gasteiger partial charge in [0.25, 0.3) is 0 Å². The molecule has 6 heteroatoms. The van der Waals surface area contributed by atoms with Crippen LogP contribution in [-0.4, -0.2) is 48.6 Å². The van der Waals surface area contributed by atoms with Crippen LogP contribution in [0, 0.1) is 0 Å². The molecular weight excluding hydrogens is 360 g/mol. The van der Waals surface area contributed by atoms with Gasteiger partial charge < -0.3 is 18.9 Å². The van der Waals surface area contributed by atoms with E-state index in [1.54, 1.807) is 18.2 Å². The van der Waals surface area contributed by atoms with E-state index in [0.717, 1.165) is 0 Å². The molecule has 0 aromatic heterocycles. The fourth-order valence-electron chi connectivity index (χ4n) is 2.40. The summed E-state index contributed by atoms with van der Waals surface area (Å²) in [5, 5.41) is 0. The summed E-state index contributed by atoms with van der Waals surface area (Å²) in [6.07, 6.45) is -2.77. The van der Waals surface area contributed by atoms with Crippen molar-refractivity contribution in [2.24, 2.45) is 0 Å². The third kappa shape index (κ3) is 8.19. The molecule has 158 valence electrons. The molecule has 0 aliphatic carbocycles. The molecule has 0 unspecified atom stereocenters. The van der Waals surface area contributed by atoms with E-state index in [1.165, 1.54) is 6.07 Å². The van der Waals surface area contributed by atoms with Crippen LogP contribution in [0.5, 0.6) is 0 Å². The second kappa shape index (κ2) is 11.4. The van der Waals surface area contributed by atoms with Crippen LogP contribution in [0.3, 0.4) is 0 Å². The molecule has 0 aliphatic heterocycles. The zero-order valence-corrected chi connectivity index (χ0v) is 18.2. The van der Waals surface area contributed by atoms with Crippen molar-refractivity contribution in [3.8, 4) is 0 Å². The Bertz CT molecular complexity index is 564. The number of rotatable bonds is 12. The van der Waals surface area contributed by atoms with Crippen LogP contribution in [0.1, 0.15) is 76.1 Å². The molecular formula is C22H34O6. The van der Waals surface area contributed by atoms with Crippen LogP contribution in [0.4, 0.5) is 0 Å². The second-order valence-electron chi connectivity index (χ2n) is 7.71. The molecule has 1 rings (SSSR count). The molecule has 0 N–H and O–H groups in total. The number of hydrogen-bond acceptors (Lipinski definition) is 6. The zero-order valence-electron chi connectivity index (χ0n) is 18.2. The lowest BCUT2D eigenvalue weighted by atomic mass is 10.0. The number of Topliss-reactive ketones (excluding diaryl/α,β-unsaturated/α-hetero) is 2. The van der Waals surface area contributed by atoms with Crippen LogP contribution in [-0.2, 0) is 18.9 Å². The number of hydrogen-bond donors (Lipinski definition) is 0. The second-order valence-corrected chi connectivity index (χ2v) is 7.71. The highest BCUT2D eigenvalue weighted by Crippen LogP contribution is 2.17. The van der Waals surface area contributed by atoms with Crippen molar-refractivity contribution < 1.29 is 28.5 Å². The summed E-state index contributed by atoms with van der Waals surface area (Å²) in [7, 11) is 0. The van der Waals surface area contributed by atoms with Crippen LogP contribution < -0.4 is 0 Å². The first-order valence-corrected chi connectivity index (χ1v) is 9.81. The quantitative estimate of drug-likeness (QED) is 0.386. The molecule has 0 saturated carbocycles.